The molecule has 1 fully saturated rings. The van der Waals surface area contributed by atoms with Crippen LogP contribution in [-0.2, 0) is 21.9 Å². The van der Waals surface area contributed by atoms with Crippen molar-refractivity contribution in [3.05, 3.63) is 58.3 Å². The maximum Gasteiger partial charge on any atom is 0.340 e. The molecule has 1 aromatic carbocycles. The monoisotopic (exact) mass is 422 g/mol. The normalized spacial score (nSPS) is 16.0. The Morgan fingerprint density at radius 1 is 1.33 bits per heavy atom. The van der Waals surface area contributed by atoms with Gasteiger partial charge in [-0.2, -0.15) is 5.26 Å². The van der Waals surface area contributed by atoms with Gasteiger partial charge in [0.25, 0.3) is 0 Å². The van der Waals surface area contributed by atoms with Gasteiger partial charge in [-0.05, 0) is 43.3 Å². The summed E-state index contributed by atoms with van der Waals surface area (Å²) in [5.41, 5.74) is 3.70. The van der Waals surface area contributed by atoms with Crippen molar-refractivity contribution in [2.75, 3.05) is 18.0 Å². The zero-order valence-electron chi connectivity index (χ0n) is 16.7. The number of anilines is 1. The van der Waals surface area contributed by atoms with Crippen LogP contribution in [0, 0.1) is 24.2 Å². The number of fused-ring (bicyclic) bond motifs is 1. The number of carbonyl (C=O) groups is 2. The lowest BCUT2D eigenvalue weighted by atomic mass is 9.96. The third-order valence-corrected chi connectivity index (χ3v) is 6.28. The number of benzene rings is 1. The average Bonchev–Trinajstić information content (AvgIpc) is 3.14. The Labute approximate surface area is 179 Å². The molecule has 0 spiro atoms. The van der Waals surface area contributed by atoms with Gasteiger partial charge < -0.3 is 9.64 Å². The predicted molar refractivity (Wildman–Crippen MR) is 114 cm³/mol. The molecule has 7 nitrogen and oxygen atoms in total. The summed E-state index contributed by atoms with van der Waals surface area (Å²) in [5.74, 6) is 0.863. The fourth-order valence-corrected chi connectivity index (χ4v) is 4.41. The van der Waals surface area contributed by atoms with E-state index >= 15 is 0 Å². The number of nitrogens with zero attached hydrogens (tertiary/aromatic N) is 3. The van der Waals surface area contributed by atoms with Crippen molar-refractivity contribution in [1.82, 2.24) is 9.71 Å². The number of nitriles is 1. The third kappa shape index (κ3) is 4.26. The van der Waals surface area contributed by atoms with Gasteiger partial charge in [0.2, 0.25) is 5.91 Å². The lowest BCUT2D eigenvalue weighted by molar-refractivity contribution is -0.123. The smallest absolute Gasteiger partial charge is 0.340 e. The van der Waals surface area contributed by atoms with Crippen LogP contribution in [-0.4, -0.2) is 29.9 Å². The second-order valence-electron chi connectivity index (χ2n) is 7.54. The number of nitrogens with one attached hydrogen (secondary N) is 1. The SMILES string of the molecule is Cc1ccc(CSNC(=O)C2CCN(c3nc4c(cc3C#N)C(=O)OC4)CC2)cc1. The molecule has 1 amide bonds. The van der Waals surface area contributed by atoms with Crippen molar-refractivity contribution in [2.24, 2.45) is 5.92 Å². The Morgan fingerprint density at radius 2 is 2.07 bits per heavy atom. The first-order chi connectivity index (χ1) is 14.5. The largest absolute Gasteiger partial charge is 0.455 e. The van der Waals surface area contributed by atoms with Gasteiger partial charge in [0.1, 0.15) is 18.5 Å². The first-order valence-electron chi connectivity index (χ1n) is 9.88. The van der Waals surface area contributed by atoms with E-state index in [0.717, 1.165) is 5.75 Å². The van der Waals surface area contributed by atoms with Crippen LogP contribution in [0.2, 0.25) is 0 Å². The Morgan fingerprint density at radius 3 is 2.77 bits per heavy atom. The van der Waals surface area contributed by atoms with Crippen LogP contribution in [0.25, 0.3) is 0 Å². The Bertz CT molecular complexity index is 1010. The third-order valence-electron chi connectivity index (χ3n) is 5.46. The number of aryl methyl sites for hydroxylation is 1. The van der Waals surface area contributed by atoms with Crippen molar-refractivity contribution in [3.63, 3.8) is 0 Å². The number of piperidine rings is 1. The molecule has 1 N–H and O–H groups in total. The number of pyridine rings is 1. The predicted octanol–water partition coefficient (Wildman–Crippen LogP) is 3.11. The molecule has 30 heavy (non-hydrogen) atoms. The molecule has 0 aliphatic carbocycles. The van der Waals surface area contributed by atoms with Gasteiger partial charge in [0.05, 0.1) is 16.8 Å². The molecule has 3 heterocycles. The van der Waals surface area contributed by atoms with Gasteiger partial charge in [0, 0.05) is 24.8 Å². The second kappa shape index (κ2) is 8.76. The van der Waals surface area contributed by atoms with Crippen molar-refractivity contribution in [2.45, 2.75) is 32.1 Å². The van der Waals surface area contributed by atoms with E-state index in [2.05, 4.69) is 47.0 Å². The second-order valence-corrected chi connectivity index (χ2v) is 8.33. The summed E-state index contributed by atoms with van der Waals surface area (Å²) < 4.78 is 7.97. The van der Waals surface area contributed by atoms with Crippen LogP contribution >= 0.6 is 11.9 Å². The number of hydrogen-bond acceptors (Lipinski definition) is 7. The molecule has 0 radical (unpaired) electrons. The molecule has 0 unspecified atom stereocenters. The molecule has 0 saturated carbocycles. The van der Waals surface area contributed by atoms with Gasteiger partial charge in [-0.1, -0.05) is 29.8 Å². The Hall–Kier alpha value is -3.05. The minimum atomic E-state index is -0.431. The maximum atomic E-state index is 12.5. The highest BCUT2D eigenvalue weighted by atomic mass is 32.2. The van der Waals surface area contributed by atoms with Gasteiger partial charge in [-0.25, -0.2) is 9.78 Å². The van der Waals surface area contributed by atoms with Crippen LogP contribution in [0.4, 0.5) is 5.82 Å². The summed E-state index contributed by atoms with van der Waals surface area (Å²) >= 11 is 1.42. The molecule has 0 bridgehead atoms. The van der Waals surface area contributed by atoms with E-state index in [-0.39, 0.29) is 18.4 Å². The summed E-state index contributed by atoms with van der Waals surface area (Å²) in [6.07, 6.45) is 1.38. The van der Waals surface area contributed by atoms with E-state index < -0.39 is 5.97 Å². The topological polar surface area (TPSA) is 95.3 Å². The molecule has 4 rings (SSSR count). The molecule has 1 aromatic heterocycles. The number of aromatic nitrogens is 1. The van der Waals surface area contributed by atoms with Crippen molar-refractivity contribution in [1.29, 1.82) is 5.26 Å². The van der Waals surface area contributed by atoms with Crippen LogP contribution < -0.4 is 9.62 Å². The van der Waals surface area contributed by atoms with Crippen molar-refractivity contribution < 1.29 is 14.3 Å². The number of carbonyl (C=O) groups excluding carboxylic acids is 2. The van der Waals surface area contributed by atoms with E-state index in [0.29, 0.717) is 48.6 Å². The van der Waals surface area contributed by atoms with E-state index in [1.165, 1.54) is 23.1 Å². The number of cyclic esters (lactones) is 1. The minimum Gasteiger partial charge on any atom is -0.455 e. The molecule has 2 aliphatic heterocycles. The van der Waals surface area contributed by atoms with Crippen molar-refractivity contribution >= 4 is 29.6 Å². The quantitative estimate of drug-likeness (QED) is 0.584. The fourth-order valence-electron chi connectivity index (χ4n) is 3.67. The van der Waals surface area contributed by atoms with Crippen molar-refractivity contribution in [3.8, 4) is 6.07 Å². The lowest BCUT2D eigenvalue weighted by Crippen LogP contribution is -2.39. The summed E-state index contributed by atoms with van der Waals surface area (Å²) in [5, 5.41) is 9.48. The highest BCUT2D eigenvalue weighted by Gasteiger charge is 2.30. The summed E-state index contributed by atoms with van der Waals surface area (Å²) in [4.78, 5) is 30.8. The van der Waals surface area contributed by atoms with E-state index in [4.69, 9.17) is 4.74 Å². The van der Waals surface area contributed by atoms with E-state index in [1.54, 1.807) is 6.07 Å². The van der Waals surface area contributed by atoms with Crippen LogP contribution in [0.5, 0.6) is 0 Å². The highest BCUT2D eigenvalue weighted by molar-refractivity contribution is 7.97. The lowest BCUT2D eigenvalue weighted by Gasteiger charge is -2.32. The fraction of sp³-hybridized carbons (Fsp3) is 0.364. The highest BCUT2D eigenvalue weighted by Crippen LogP contribution is 2.29. The van der Waals surface area contributed by atoms with Gasteiger partial charge in [-0.15, -0.1) is 0 Å². The maximum absolute atomic E-state index is 12.5. The standard InChI is InChI=1S/C22H22N4O3S/c1-14-2-4-15(5-3-14)13-30-25-21(27)16-6-8-26(9-7-16)20-17(11-23)10-18-19(24-20)12-29-22(18)28/h2-5,10,16H,6-9,12-13H2,1H3,(H,25,27). The number of ether oxygens (including phenoxy) is 1. The summed E-state index contributed by atoms with van der Waals surface area (Å²) in [7, 11) is 0. The van der Waals surface area contributed by atoms with Gasteiger partial charge in [0.15, 0.2) is 0 Å². The summed E-state index contributed by atoms with van der Waals surface area (Å²) in [6.45, 7) is 3.46. The molecule has 0 atom stereocenters. The van der Waals surface area contributed by atoms with Crippen LogP contribution in [0.3, 0.4) is 0 Å². The molecule has 2 aromatic rings. The number of amides is 1. The minimum absolute atomic E-state index is 0.0492. The average molecular weight is 423 g/mol. The first kappa shape index (κ1) is 20.2. The molecular formula is C22H22N4O3S. The molecule has 8 heteroatoms. The van der Waals surface area contributed by atoms with E-state index in [1.807, 2.05) is 4.90 Å². The van der Waals surface area contributed by atoms with Crippen LogP contribution in [0.1, 0.15) is 45.6 Å². The molecular weight excluding hydrogens is 400 g/mol. The van der Waals surface area contributed by atoms with Gasteiger partial charge in [-0.3, -0.25) is 9.52 Å². The summed E-state index contributed by atoms with van der Waals surface area (Å²) in [6, 6.07) is 12.0. The Balaban J connectivity index is 1.32. The number of esters is 1. The zero-order valence-corrected chi connectivity index (χ0v) is 17.5. The Kier molecular flexibility index (Phi) is 5.91. The van der Waals surface area contributed by atoms with E-state index in [9.17, 15) is 14.9 Å². The molecule has 154 valence electrons. The molecule has 1 saturated heterocycles. The number of hydrogen-bond donors (Lipinski definition) is 1. The van der Waals surface area contributed by atoms with Crippen LogP contribution in [0.15, 0.2) is 30.3 Å². The first-order valence-corrected chi connectivity index (χ1v) is 10.9. The molecule has 2 aliphatic rings. The number of rotatable bonds is 5. The van der Waals surface area contributed by atoms with Gasteiger partial charge >= 0.3 is 5.97 Å². The zero-order chi connectivity index (χ0) is 21.1.